The fraction of sp³-hybridized carbons (Fsp3) is 0.400. The van der Waals surface area contributed by atoms with Crippen LogP contribution < -0.4 is 0 Å². The number of hydrogen-bond donors (Lipinski definition) is 0. The summed E-state index contributed by atoms with van der Waals surface area (Å²) in [4.78, 5) is 12.6. The number of allylic oxidation sites excluding steroid dienone is 1. The van der Waals surface area contributed by atoms with Crippen molar-refractivity contribution in [2.24, 2.45) is 5.92 Å². The molecule has 0 saturated heterocycles. The molecule has 0 amide bonds. The monoisotopic (exact) mass is 594 g/mol. The van der Waals surface area contributed by atoms with Gasteiger partial charge in [0.1, 0.15) is 11.7 Å². The predicted octanol–water partition coefficient (Wildman–Crippen LogP) is 10.2. The highest BCUT2D eigenvalue weighted by molar-refractivity contribution is 6.35. The standard InChI is InChI=1S/C25H18Cl2F10O/c26-18-9-14(10-19(27)22(18)29)16(24(32,33)34)11-20(28)13-1-2-15(17(8-13)25(35,36)37)21(38)7-12-3-5-23(30,31)6-4-12/h1-2,8-12,16H,3-7H2/b20-11-. The Morgan fingerprint density at radius 1 is 1.00 bits per heavy atom. The summed E-state index contributed by atoms with van der Waals surface area (Å²) < 4.78 is 138. The summed E-state index contributed by atoms with van der Waals surface area (Å²) in [7, 11) is 0. The van der Waals surface area contributed by atoms with Crippen molar-refractivity contribution < 1.29 is 48.7 Å². The average molecular weight is 595 g/mol. The fourth-order valence-electron chi connectivity index (χ4n) is 4.22. The summed E-state index contributed by atoms with van der Waals surface area (Å²) in [5.41, 5.74) is -4.10. The van der Waals surface area contributed by atoms with Gasteiger partial charge in [0.25, 0.3) is 0 Å². The first-order valence-corrected chi connectivity index (χ1v) is 11.9. The Hall–Kier alpha value is -2.27. The lowest BCUT2D eigenvalue weighted by Crippen LogP contribution is -2.26. The largest absolute Gasteiger partial charge is 0.417 e. The molecular weight excluding hydrogens is 577 g/mol. The van der Waals surface area contributed by atoms with Gasteiger partial charge < -0.3 is 0 Å². The van der Waals surface area contributed by atoms with Crippen molar-refractivity contribution in [3.05, 3.63) is 74.5 Å². The van der Waals surface area contributed by atoms with Crippen LogP contribution in [-0.2, 0) is 6.18 Å². The summed E-state index contributed by atoms with van der Waals surface area (Å²) >= 11 is 11.1. The number of benzene rings is 2. The lowest BCUT2D eigenvalue weighted by atomic mass is 9.82. The molecule has 1 aliphatic carbocycles. The summed E-state index contributed by atoms with van der Waals surface area (Å²) in [5.74, 6) is -10.1. The number of alkyl halides is 8. The molecule has 0 heterocycles. The first-order chi connectivity index (χ1) is 17.4. The van der Waals surface area contributed by atoms with Crippen molar-refractivity contribution in [2.75, 3.05) is 0 Å². The van der Waals surface area contributed by atoms with Gasteiger partial charge in [0.2, 0.25) is 5.92 Å². The highest BCUT2D eigenvalue weighted by atomic mass is 35.5. The zero-order valence-corrected chi connectivity index (χ0v) is 20.6. The third kappa shape index (κ3) is 7.22. The Bertz CT molecular complexity index is 1200. The Morgan fingerprint density at radius 3 is 2.05 bits per heavy atom. The van der Waals surface area contributed by atoms with Crippen LogP contribution in [0, 0.1) is 11.7 Å². The van der Waals surface area contributed by atoms with Crippen LogP contribution in [0.25, 0.3) is 5.83 Å². The van der Waals surface area contributed by atoms with E-state index in [9.17, 15) is 48.7 Å². The molecule has 1 unspecified atom stereocenters. The van der Waals surface area contributed by atoms with E-state index in [2.05, 4.69) is 0 Å². The van der Waals surface area contributed by atoms with Gasteiger partial charge in [0.15, 0.2) is 11.6 Å². The van der Waals surface area contributed by atoms with Crippen molar-refractivity contribution in [1.29, 1.82) is 0 Å². The molecule has 0 radical (unpaired) electrons. The van der Waals surface area contributed by atoms with E-state index in [1.807, 2.05) is 0 Å². The molecule has 38 heavy (non-hydrogen) atoms. The van der Waals surface area contributed by atoms with Crippen molar-refractivity contribution in [2.45, 2.75) is 56.3 Å². The zero-order chi connectivity index (χ0) is 28.6. The normalized spacial score (nSPS) is 17.9. The number of rotatable bonds is 6. The molecule has 13 heteroatoms. The van der Waals surface area contributed by atoms with Gasteiger partial charge in [-0.05, 0) is 48.6 Å². The first kappa shape index (κ1) is 30.3. The Kier molecular flexibility index (Phi) is 8.82. The molecule has 1 aliphatic rings. The molecule has 0 aromatic heterocycles. The van der Waals surface area contributed by atoms with Crippen LogP contribution >= 0.6 is 23.2 Å². The van der Waals surface area contributed by atoms with Crippen molar-refractivity contribution in [1.82, 2.24) is 0 Å². The van der Waals surface area contributed by atoms with E-state index in [0.29, 0.717) is 24.3 Å². The molecule has 2 aromatic carbocycles. The van der Waals surface area contributed by atoms with Gasteiger partial charge in [-0.1, -0.05) is 35.3 Å². The van der Waals surface area contributed by atoms with Gasteiger partial charge in [-0.25, -0.2) is 17.6 Å². The summed E-state index contributed by atoms with van der Waals surface area (Å²) in [6, 6.07) is 2.68. The van der Waals surface area contributed by atoms with Crippen molar-refractivity contribution in [3.8, 4) is 0 Å². The molecule has 1 saturated carbocycles. The highest BCUT2D eigenvalue weighted by Crippen LogP contribution is 2.42. The van der Waals surface area contributed by atoms with Crippen LogP contribution in [0.4, 0.5) is 43.9 Å². The predicted molar refractivity (Wildman–Crippen MR) is 122 cm³/mol. The van der Waals surface area contributed by atoms with Gasteiger partial charge in [-0.2, -0.15) is 26.3 Å². The minimum Gasteiger partial charge on any atom is -0.294 e. The van der Waals surface area contributed by atoms with Crippen molar-refractivity contribution >= 4 is 34.8 Å². The highest BCUT2D eigenvalue weighted by Gasteiger charge is 2.41. The lowest BCUT2D eigenvalue weighted by molar-refractivity contribution is -0.140. The molecule has 3 rings (SSSR count). The van der Waals surface area contributed by atoms with E-state index >= 15 is 0 Å². The zero-order valence-electron chi connectivity index (χ0n) is 19.1. The maximum Gasteiger partial charge on any atom is 0.417 e. The van der Waals surface area contributed by atoms with E-state index in [1.54, 1.807) is 0 Å². The third-order valence-corrected chi connectivity index (χ3v) is 6.79. The van der Waals surface area contributed by atoms with E-state index in [-0.39, 0.29) is 25.0 Å². The smallest absolute Gasteiger partial charge is 0.294 e. The van der Waals surface area contributed by atoms with Crippen molar-refractivity contribution in [3.63, 3.8) is 0 Å². The number of Topliss-reactive ketones (excluding diaryl/α,β-unsaturated/α-hetero) is 1. The topological polar surface area (TPSA) is 17.1 Å². The maximum atomic E-state index is 14.9. The van der Waals surface area contributed by atoms with Crippen LogP contribution in [0.1, 0.15) is 65.1 Å². The number of carbonyl (C=O) groups excluding carboxylic acids is 1. The van der Waals surface area contributed by atoms with Gasteiger partial charge in [0.05, 0.1) is 15.6 Å². The number of hydrogen-bond acceptors (Lipinski definition) is 1. The third-order valence-electron chi connectivity index (χ3n) is 6.24. The molecule has 0 aliphatic heterocycles. The van der Waals surface area contributed by atoms with Crippen LogP contribution in [0.2, 0.25) is 10.0 Å². The second-order valence-corrected chi connectivity index (χ2v) is 9.83. The summed E-state index contributed by atoms with van der Waals surface area (Å²) in [6.07, 6.45) is -11.9. The number of carbonyl (C=O) groups is 1. The molecular formula is C25H18Cl2F10O. The molecule has 0 spiro atoms. The molecule has 1 atom stereocenters. The fourth-order valence-corrected chi connectivity index (χ4v) is 4.73. The number of halogens is 12. The van der Waals surface area contributed by atoms with E-state index in [1.165, 1.54) is 0 Å². The second-order valence-electron chi connectivity index (χ2n) is 9.02. The molecule has 1 fully saturated rings. The van der Waals surface area contributed by atoms with Gasteiger partial charge in [0, 0.05) is 30.4 Å². The minimum atomic E-state index is -5.18. The van der Waals surface area contributed by atoms with Gasteiger partial charge in [-0.15, -0.1) is 0 Å². The number of ketones is 1. The van der Waals surface area contributed by atoms with Crippen LogP contribution in [-0.4, -0.2) is 17.9 Å². The van der Waals surface area contributed by atoms with E-state index < -0.39 is 99.1 Å². The lowest BCUT2D eigenvalue weighted by Gasteiger charge is -2.28. The summed E-state index contributed by atoms with van der Waals surface area (Å²) in [5, 5.41) is -1.56. The van der Waals surface area contributed by atoms with Gasteiger partial charge >= 0.3 is 12.4 Å². The van der Waals surface area contributed by atoms with Crippen LogP contribution in [0.15, 0.2) is 36.4 Å². The molecule has 2 aromatic rings. The molecule has 0 N–H and O–H groups in total. The van der Waals surface area contributed by atoms with Crippen LogP contribution in [0.5, 0.6) is 0 Å². The quantitative estimate of drug-likeness (QED) is 0.185. The SMILES string of the molecule is O=C(CC1CCC(F)(F)CC1)c1ccc(/C(F)=C/C(c2cc(Cl)c(F)c(Cl)c2)C(F)(F)F)cc1C(F)(F)F. The Balaban J connectivity index is 1.96. The molecule has 1 nitrogen and oxygen atoms in total. The second kappa shape index (κ2) is 11.1. The van der Waals surface area contributed by atoms with Crippen LogP contribution in [0.3, 0.4) is 0 Å². The minimum absolute atomic E-state index is 0.0148. The summed E-state index contributed by atoms with van der Waals surface area (Å²) in [6.45, 7) is 0. The average Bonchev–Trinajstić information content (AvgIpc) is 2.80. The van der Waals surface area contributed by atoms with E-state index in [4.69, 9.17) is 23.2 Å². The first-order valence-electron chi connectivity index (χ1n) is 11.1. The maximum absolute atomic E-state index is 14.9. The Labute approximate surface area is 220 Å². The molecule has 0 bridgehead atoms. The molecule has 208 valence electrons. The Morgan fingerprint density at radius 2 is 1.55 bits per heavy atom. The van der Waals surface area contributed by atoms with Gasteiger partial charge in [-0.3, -0.25) is 4.79 Å². The van der Waals surface area contributed by atoms with E-state index in [0.717, 1.165) is 0 Å².